The first-order chi connectivity index (χ1) is 25.4. The molecule has 0 unspecified atom stereocenters. The average molecular weight is 752 g/mol. The molecule has 3 amide bonds. The summed E-state index contributed by atoms with van der Waals surface area (Å²) in [4.78, 5) is 70.3. The molecule has 13 heteroatoms. The van der Waals surface area contributed by atoms with E-state index in [1.54, 1.807) is 20.1 Å². The number of aliphatic hydroxyl groups is 1. The number of carbonyl (C=O) groups is 5. The molecule has 2 aliphatic heterocycles. The van der Waals surface area contributed by atoms with E-state index in [4.69, 9.17) is 18.9 Å². The Morgan fingerprint density at radius 2 is 1.80 bits per heavy atom. The van der Waals surface area contributed by atoms with Gasteiger partial charge in [0.05, 0.1) is 17.8 Å². The highest BCUT2D eigenvalue weighted by Crippen LogP contribution is 2.42. The number of ether oxygens (including phenoxy) is 4. The summed E-state index contributed by atoms with van der Waals surface area (Å²) in [6.45, 7) is 11.3. The molecule has 1 saturated heterocycles. The summed E-state index contributed by atoms with van der Waals surface area (Å²) in [5.41, 5.74) is -1.03. The van der Waals surface area contributed by atoms with Crippen molar-refractivity contribution in [3.8, 4) is 0 Å². The molecule has 0 spiro atoms. The first-order valence-corrected chi connectivity index (χ1v) is 18.7. The van der Waals surface area contributed by atoms with Crippen molar-refractivity contribution in [1.29, 1.82) is 0 Å². The van der Waals surface area contributed by atoms with Crippen LogP contribution in [-0.2, 0) is 42.9 Å². The number of nitrogens with zero attached hydrogens (tertiary/aromatic N) is 1. The number of esters is 2. The number of methoxy groups -OCH3 is 1. The second-order valence-electron chi connectivity index (χ2n) is 15.4. The number of cyclic esters (lactones) is 1. The summed E-state index contributed by atoms with van der Waals surface area (Å²) in [6.07, 6.45) is 7.78. The molecule has 1 aliphatic carbocycles. The van der Waals surface area contributed by atoms with E-state index in [2.05, 4.69) is 10.6 Å². The summed E-state index contributed by atoms with van der Waals surface area (Å²) in [7, 11) is 3.10. The van der Waals surface area contributed by atoms with Crippen molar-refractivity contribution in [3.63, 3.8) is 0 Å². The number of nitrogens with one attached hydrogen (secondary N) is 2. The Labute approximate surface area is 318 Å². The van der Waals surface area contributed by atoms with Gasteiger partial charge in [-0.25, -0.2) is 9.59 Å². The third-order valence-electron chi connectivity index (χ3n) is 10.7. The molecule has 1 aromatic carbocycles. The summed E-state index contributed by atoms with van der Waals surface area (Å²) in [5, 5.41) is 16.5. The Morgan fingerprint density at radius 1 is 1.13 bits per heavy atom. The first kappa shape index (κ1) is 42.4. The quantitative estimate of drug-likeness (QED) is 0.262. The van der Waals surface area contributed by atoms with Gasteiger partial charge in [-0.3, -0.25) is 14.4 Å². The van der Waals surface area contributed by atoms with Crippen molar-refractivity contribution in [3.05, 3.63) is 71.3 Å². The van der Waals surface area contributed by atoms with Gasteiger partial charge < -0.3 is 39.6 Å². The van der Waals surface area contributed by atoms with E-state index in [1.165, 1.54) is 25.8 Å². The second-order valence-corrected chi connectivity index (χ2v) is 15.4. The van der Waals surface area contributed by atoms with E-state index in [9.17, 15) is 29.1 Å². The van der Waals surface area contributed by atoms with Crippen molar-refractivity contribution in [1.82, 2.24) is 15.5 Å². The Hall–Kier alpha value is -4.33. The molecule has 0 radical (unpaired) electrons. The third-order valence-corrected chi connectivity index (χ3v) is 10.7. The van der Waals surface area contributed by atoms with Crippen LogP contribution < -0.4 is 10.6 Å². The first-order valence-electron chi connectivity index (χ1n) is 18.7. The topological polar surface area (TPSA) is 173 Å². The lowest BCUT2D eigenvalue weighted by molar-refractivity contribution is -0.162. The summed E-state index contributed by atoms with van der Waals surface area (Å²) < 4.78 is 23.4. The van der Waals surface area contributed by atoms with Crippen LogP contribution >= 0.6 is 0 Å². The minimum Gasteiger partial charge on any atom is -0.460 e. The highest BCUT2D eigenvalue weighted by Gasteiger charge is 2.61. The fourth-order valence-corrected chi connectivity index (χ4v) is 6.74. The van der Waals surface area contributed by atoms with Crippen LogP contribution in [0.3, 0.4) is 0 Å². The number of epoxide rings is 1. The van der Waals surface area contributed by atoms with Gasteiger partial charge in [-0.15, -0.1) is 0 Å². The van der Waals surface area contributed by atoms with Crippen LogP contribution in [0.15, 0.2) is 65.8 Å². The smallest absolute Gasteiger partial charge is 0.333 e. The van der Waals surface area contributed by atoms with Crippen LogP contribution in [0, 0.1) is 11.8 Å². The number of carbonyl (C=O) groups excluding carboxylic acids is 5. The van der Waals surface area contributed by atoms with Crippen LogP contribution in [0.25, 0.3) is 0 Å². The Kier molecular flexibility index (Phi) is 14.0. The average Bonchev–Trinajstić information content (AvgIpc) is 3.77. The number of amides is 3. The SMILES string of the molecule is CC[C@H](C)[C@H]1C(=O)N[C@H](COC(=O)C2=CCC2)C(=O)N[C@@H](C(C)(C)O)C(=O)O[C@H](c2ccccc2)[C@H](C)/C=C/C=C(\C)[C@H](OC)C[C@@H]2O[C@@]2(C)C(=O)N1C. The van der Waals surface area contributed by atoms with Gasteiger partial charge in [0, 0.05) is 32.1 Å². The molecule has 0 aromatic heterocycles. The molecule has 4 rings (SSSR count). The molecule has 9 atom stereocenters. The summed E-state index contributed by atoms with van der Waals surface area (Å²) >= 11 is 0. The maximum atomic E-state index is 14.2. The molecule has 1 aromatic rings. The molecule has 2 heterocycles. The number of benzene rings is 1. The molecule has 0 bridgehead atoms. The van der Waals surface area contributed by atoms with E-state index in [-0.39, 0.29) is 17.9 Å². The highest BCUT2D eigenvalue weighted by molar-refractivity contribution is 5.96. The lowest BCUT2D eigenvalue weighted by Crippen LogP contribution is -2.62. The van der Waals surface area contributed by atoms with E-state index in [0.717, 1.165) is 12.0 Å². The van der Waals surface area contributed by atoms with Crippen molar-refractivity contribution >= 4 is 29.7 Å². The van der Waals surface area contributed by atoms with E-state index in [1.807, 2.05) is 76.3 Å². The number of hydrogen-bond acceptors (Lipinski definition) is 10. The monoisotopic (exact) mass is 751 g/mol. The Bertz CT molecular complexity index is 1630. The zero-order chi connectivity index (χ0) is 40.0. The molecule has 0 saturated carbocycles. The van der Waals surface area contributed by atoms with E-state index < -0.39 is 77.8 Å². The van der Waals surface area contributed by atoms with Gasteiger partial charge in [0.2, 0.25) is 11.8 Å². The number of rotatable bonds is 8. The van der Waals surface area contributed by atoms with Crippen LogP contribution in [0.2, 0.25) is 0 Å². The zero-order valence-corrected chi connectivity index (χ0v) is 32.9. The Balaban J connectivity index is 1.77. The van der Waals surface area contributed by atoms with Gasteiger partial charge in [-0.2, -0.15) is 0 Å². The largest absolute Gasteiger partial charge is 0.460 e. The predicted octanol–water partition coefficient (Wildman–Crippen LogP) is 3.86. The number of hydrogen-bond donors (Lipinski definition) is 3. The molecule has 296 valence electrons. The van der Waals surface area contributed by atoms with Crippen LogP contribution in [0.4, 0.5) is 0 Å². The fraction of sp³-hybridized carbons (Fsp3) is 0.585. The molecular formula is C41H57N3O10. The predicted molar refractivity (Wildman–Crippen MR) is 200 cm³/mol. The van der Waals surface area contributed by atoms with Crippen molar-refractivity contribution in [2.24, 2.45) is 11.8 Å². The number of allylic oxidation sites excluding steroid dienone is 3. The maximum Gasteiger partial charge on any atom is 0.333 e. The van der Waals surface area contributed by atoms with Gasteiger partial charge in [-0.05, 0) is 57.6 Å². The highest BCUT2D eigenvalue weighted by atomic mass is 16.6. The van der Waals surface area contributed by atoms with Crippen LogP contribution in [0.5, 0.6) is 0 Å². The van der Waals surface area contributed by atoms with Gasteiger partial charge in [0.25, 0.3) is 5.91 Å². The van der Waals surface area contributed by atoms with Gasteiger partial charge >= 0.3 is 11.9 Å². The van der Waals surface area contributed by atoms with Gasteiger partial charge in [0.15, 0.2) is 11.6 Å². The summed E-state index contributed by atoms with van der Waals surface area (Å²) in [5.74, 6) is -4.28. The fourth-order valence-electron chi connectivity index (χ4n) is 6.74. The molecule has 54 heavy (non-hydrogen) atoms. The van der Waals surface area contributed by atoms with Gasteiger partial charge in [0.1, 0.15) is 24.8 Å². The summed E-state index contributed by atoms with van der Waals surface area (Å²) in [6, 6.07) is 4.95. The van der Waals surface area contributed by atoms with Crippen LogP contribution in [-0.4, -0.2) is 102 Å². The number of fused-ring (bicyclic) bond motifs is 1. The normalized spacial score (nSPS) is 32.5. The molecule has 3 N–H and O–H groups in total. The number of likely N-dealkylation sites (N-methyl/N-ethyl adjacent to an activating group) is 1. The third kappa shape index (κ3) is 10.0. The maximum absolute atomic E-state index is 14.2. The lowest BCUT2D eigenvalue weighted by Gasteiger charge is -2.35. The molecular weight excluding hydrogens is 694 g/mol. The van der Waals surface area contributed by atoms with Crippen molar-refractivity contribution < 1.29 is 48.0 Å². The second kappa shape index (κ2) is 17.9. The van der Waals surface area contributed by atoms with Crippen LogP contribution in [0.1, 0.15) is 85.8 Å². The molecule has 1 fully saturated rings. The van der Waals surface area contributed by atoms with E-state index in [0.29, 0.717) is 30.4 Å². The van der Waals surface area contributed by atoms with Crippen molar-refractivity contribution in [2.45, 2.75) is 122 Å². The molecule has 3 aliphatic rings. The zero-order valence-electron chi connectivity index (χ0n) is 32.9. The lowest BCUT2D eigenvalue weighted by atomic mass is 9.93. The molecule has 13 nitrogen and oxygen atoms in total. The van der Waals surface area contributed by atoms with Crippen molar-refractivity contribution in [2.75, 3.05) is 20.8 Å². The van der Waals surface area contributed by atoms with Gasteiger partial charge in [-0.1, -0.05) is 81.8 Å². The van der Waals surface area contributed by atoms with E-state index >= 15 is 0 Å². The Morgan fingerprint density at radius 3 is 2.37 bits per heavy atom. The minimum atomic E-state index is -1.83. The minimum absolute atomic E-state index is 0.368. The standard InChI is InChI=1S/C41H57N3O10/c1-10-24(2)32-36(46)42-29(23-52-37(47)28-20-15-21-28)35(45)43-34(40(5,6)50)38(48)53-33(27-18-12-11-13-19-27)26(4)17-14-16-25(3)30(51-9)22-31-41(7,54-31)39(49)44(32)8/h11-14,16-20,24,26,29-34,50H,10,15,21-23H2,1-9H3,(H,42,46)(H,43,45)/b17-14+,25-16+/t24-,26+,29+,30+,31-,32-,33-,34+,41+/m0/s1.